The fourth-order valence-electron chi connectivity index (χ4n) is 1.72. The minimum Gasteiger partial charge on any atom is -0.466 e. The Morgan fingerprint density at radius 1 is 1.58 bits per heavy atom. The molecule has 2 N–H and O–H groups in total. The van der Waals surface area contributed by atoms with Gasteiger partial charge in [0.15, 0.2) is 0 Å². The van der Waals surface area contributed by atoms with Crippen molar-refractivity contribution in [2.75, 3.05) is 6.61 Å². The predicted octanol–water partition coefficient (Wildman–Crippen LogP) is 1.07. The van der Waals surface area contributed by atoms with Gasteiger partial charge in [-0.05, 0) is 25.2 Å². The second-order valence-corrected chi connectivity index (χ2v) is 3.60. The molecule has 1 saturated carbocycles. The normalized spacial score (nSPS) is 29.8. The van der Waals surface area contributed by atoms with Crippen LogP contribution in [0.15, 0.2) is 0 Å². The van der Waals surface area contributed by atoms with Gasteiger partial charge in [0.25, 0.3) is 0 Å². The Morgan fingerprint density at radius 2 is 2.33 bits per heavy atom. The molecule has 3 nitrogen and oxygen atoms in total. The van der Waals surface area contributed by atoms with Crippen LogP contribution in [0, 0.1) is 5.92 Å². The number of rotatable bonds is 2. The van der Waals surface area contributed by atoms with Gasteiger partial charge in [-0.2, -0.15) is 0 Å². The number of esters is 1. The van der Waals surface area contributed by atoms with Crippen LogP contribution >= 0.6 is 0 Å². The monoisotopic (exact) mass is 171 g/mol. The largest absolute Gasteiger partial charge is 0.466 e. The standard InChI is InChI=1S/C9H17NO2/c1-7(11)12-6-8-3-2-4-9(10)5-8/h8-9H,2-6,10H2,1H3/t8-,9+/m1/s1. The molecule has 0 bridgehead atoms. The molecule has 0 aromatic heterocycles. The van der Waals surface area contributed by atoms with Gasteiger partial charge in [-0.1, -0.05) is 6.42 Å². The molecule has 0 amide bonds. The molecule has 0 heterocycles. The van der Waals surface area contributed by atoms with E-state index < -0.39 is 0 Å². The summed E-state index contributed by atoms with van der Waals surface area (Å²) in [5, 5.41) is 0. The van der Waals surface area contributed by atoms with Crippen molar-refractivity contribution in [3.05, 3.63) is 0 Å². The van der Waals surface area contributed by atoms with E-state index in [1.54, 1.807) is 0 Å². The maximum absolute atomic E-state index is 10.5. The third-order valence-corrected chi connectivity index (χ3v) is 2.35. The van der Waals surface area contributed by atoms with E-state index >= 15 is 0 Å². The summed E-state index contributed by atoms with van der Waals surface area (Å²) in [6.45, 7) is 2.01. The molecule has 0 aromatic carbocycles. The zero-order valence-electron chi connectivity index (χ0n) is 7.58. The van der Waals surface area contributed by atoms with Crippen molar-refractivity contribution in [2.45, 2.75) is 38.6 Å². The smallest absolute Gasteiger partial charge is 0.302 e. The Hall–Kier alpha value is -0.570. The van der Waals surface area contributed by atoms with E-state index in [9.17, 15) is 4.79 Å². The van der Waals surface area contributed by atoms with Gasteiger partial charge < -0.3 is 10.5 Å². The van der Waals surface area contributed by atoms with Crippen molar-refractivity contribution in [1.82, 2.24) is 0 Å². The number of hydrogen-bond acceptors (Lipinski definition) is 3. The zero-order chi connectivity index (χ0) is 8.97. The van der Waals surface area contributed by atoms with Crippen LogP contribution in [-0.2, 0) is 9.53 Å². The molecule has 1 aliphatic rings. The molecule has 12 heavy (non-hydrogen) atoms. The molecular formula is C9H17NO2. The minimum absolute atomic E-state index is 0.186. The van der Waals surface area contributed by atoms with Gasteiger partial charge in [-0.25, -0.2) is 0 Å². The highest BCUT2D eigenvalue weighted by atomic mass is 16.5. The van der Waals surface area contributed by atoms with Gasteiger partial charge in [-0.3, -0.25) is 4.79 Å². The summed E-state index contributed by atoms with van der Waals surface area (Å²) < 4.78 is 4.94. The Bertz CT molecular complexity index is 159. The SMILES string of the molecule is CC(=O)OC[C@@H]1CCC[C@H](N)C1. The third kappa shape index (κ3) is 3.22. The lowest BCUT2D eigenvalue weighted by Gasteiger charge is -2.25. The van der Waals surface area contributed by atoms with Crippen LogP contribution in [0.5, 0.6) is 0 Å². The van der Waals surface area contributed by atoms with E-state index in [1.165, 1.54) is 13.3 Å². The topological polar surface area (TPSA) is 52.3 Å². The second-order valence-electron chi connectivity index (χ2n) is 3.60. The Morgan fingerprint density at radius 3 is 2.92 bits per heavy atom. The van der Waals surface area contributed by atoms with E-state index in [0.717, 1.165) is 19.3 Å². The molecule has 1 rings (SSSR count). The fourth-order valence-corrected chi connectivity index (χ4v) is 1.72. The van der Waals surface area contributed by atoms with Crippen LogP contribution in [0.3, 0.4) is 0 Å². The average molecular weight is 171 g/mol. The lowest BCUT2D eigenvalue weighted by atomic mass is 9.87. The highest BCUT2D eigenvalue weighted by Crippen LogP contribution is 2.23. The molecule has 0 spiro atoms. The maximum atomic E-state index is 10.5. The molecule has 0 unspecified atom stereocenters. The number of nitrogens with two attached hydrogens (primary N) is 1. The van der Waals surface area contributed by atoms with Crippen molar-refractivity contribution in [2.24, 2.45) is 11.7 Å². The molecule has 0 aliphatic heterocycles. The van der Waals surface area contributed by atoms with E-state index in [-0.39, 0.29) is 5.97 Å². The third-order valence-electron chi connectivity index (χ3n) is 2.35. The van der Waals surface area contributed by atoms with Crippen molar-refractivity contribution < 1.29 is 9.53 Å². The van der Waals surface area contributed by atoms with E-state index in [2.05, 4.69) is 0 Å². The fraction of sp³-hybridized carbons (Fsp3) is 0.889. The van der Waals surface area contributed by atoms with Crippen LogP contribution in [0.2, 0.25) is 0 Å². The summed E-state index contributed by atoms with van der Waals surface area (Å²) in [5.74, 6) is 0.312. The molecule has 0 radical (unpaired) electrons. The van der Waals surface area contributed by atoms with E-state index in [1.807, 2.05) is 0 Å². The molecule has 1 aliphatic carbocycles. The van der Waals surface area contributed by atoms with Crippen molar-refractivity contribution in [1.29, 1.82) is 0 Å². The van der Waals surface area contributed by atoms with Crippen molar-refractivity contribution in [3.8, 4) is 0 Å². The first-order valence-corrected chi connectivity index (χ1v) is 4.57. The Labute approximate surface area is 73.3 Å². The maximum Gasteiger partial charge on any atom is 0.302 e. The number of carbonyl (C=O) groups excluding carboxylic acids is 1. The summed E-state index contributed by atoms with van der Waals surface area (Å²) in [6.07, 6.45) is 4.46. The van der Waals surface area contributed by atoms with Gasteiger partial charge in [-0.15, -0.1) is 0 Å². The average Bonchev–Trinajstić information content (AvgIpc) is 2.01. The summed E-state index contributed by atoms with van der Waals surface area (Å²) in [5.41, 5.74) is 5.79. The van der Waals surface area contributed by atoms with E-state index in [0.29, 0.717) is 18.6 Å². The Kier molecular flexibility index (Phi) is 3.53. The van der Waals surface area contributed by atoms with E-state index in [4.69, 9.17) is 10.5 Å². The lowest BCUT2D eigenvalue weighted by Crippen LogP contribution is -2.30. The quantitative estimate of drug-likeness (QED) is 0.632. The van der Waals surface area contributed by atoms with Crippen molar-refractivity contribution >= 4 is 5.97 Å². The first-order valence-electron chi connectivity index (χ1n) is 4.57. The summed E-state index contributed by atoms with van der Waals surface area (Å²) in [4.78, 5) is 10.5. The highest BCUT2D eigenvalue weighted by Gasteiger charge is 2.19. The van der Waals surface area contributed by atoms with Gasteiger partial charge in [0.2, 0.25) is 0 Å². The molecule has 3 heteroatoms. The molecule has 2 atom stereocenters. The molecule has 1 fully saturated rings. The first-order chi connectivity index (χ1) is 5.68. The highest BCUT2D eigenvalue weighted by molar-refractivity contribution is 5.65. The lowest BCUT2D eigenvalue weighted by molar-refractivity contribution is -0.142. The van der Waals surface area contributed by atoms with Crippen LogP contribution in [0.4, 0.5) is 0 Å². The number of carbonyl (C=O) groups is 1. The predicted molar refractivity (Wildman–Crippen MR) is 46.6 cm³/mol. The van der Waals surface area contributed by atoms with Gasteiger partial charge >= 0.3 is 5.97 Å². The van der Waals surface area contributed by atoms with Crippen LogP contribution < -0.4 is 5.73 Å². The number of ether oxygens (including phenoxy) is 1. The molecule has 0 saturated heterocycles. The molecule has 0 aromatic rings. The van der Waals surface area contributed by atoms with Crippen LogP contribution in [-0.4, -0.2) is 18.6 Å². The van der Waals surface area contributed by atoms with Gasteiger partial charge in [0.1, 0.15) is 0 Å². The Balaban J connectivity index is 2.18. The first kappa shape index (κ1) is 9.52. The van der Waals surface area contributed by atoms with Crippen molar-refractivity contribution in [3.63, 3.8) is 0 Å². The molecule has 70 valence electrons. The van der Waals surface area contributed by atoms with Crippen LogP contribution in [0.1, 0.15) is 32.6 Å². The summed E-state index contributed by atoms with van der Waals surface area (Å²) in [7, 11) is 0. The second kappa shape index (κ2) is 4.45. The zero-order valence-corrected chi connectivity index (χ0v) is 7.58. The number of hydrogen-bond donors (Lipinski definition) is 1. The summed E-state index contributed by atoms with van der Waals surface area (Å²) >= 11 is 0. The molecular weight excluding hydrogens is 154 g/mol. The van der Waals surface area contributed by atoms with Gasteiger partial charge in [0.05, 0.1) is 6.61 Å². The summed E-state index contributed by atoms with van der Waals surface area (Å²) in [6, 6.07) is 0.319. The van der Waals surface area contributed by atoms with Crippen LogP contribution in [0.25, 0.3) is 0 Å². The minimum atomic E-state index is -0.186. The van der Waals surface area contributed by atoms with Gasteiger partial charge in [0, 0.05) is 13.0 Å².